The highest BCUT2D eigenvalue weighted by Gasteiger charge is 2.39. The van der Waals surface area contributed by atoms with Crippen LogP contribution in [-0.2, 0) is 32.2 Å². The van der Waals surface area contributed by atoms with Gasteiger partial charge in [0.25, 0.3) is 0 Å². The third-order valence-electron chi connectivity index (χ3n) is 3.88. The Morgan fingerprint density at radius 2 is 1.84 bits per heavy atom. The number of hydrogen-bond acceptors (Lipinski definition) is 5. The molecule has 1 aliphatic rings. The molecule has 6 nitrogen and oxygen atoms in total. The molecule has 1 aliphatic heterocycles. The van der Waals surface area contributed by atoms with Gasteiger partial charge in [0.15, 0.2) is 5.60 Å². The van der Waals surface area contributed by atoms with Crippen LogP contribution in [0, 0.1) is 0 Å². The van der Waals surface area contributed by atoms with E-state index in [2.05, 4.69) is 5.32 Å². The zero-order valence-corrected chi connectivity index (χ0v) is 15.4. The van der Waals surface area contributed by atoms with Gasteiger partial charge in [-0.2, -0.15) is 0 Å². The summed E-state index contributed by atoms with van der Waals surface area (Å²) >= 11 is 0. The molecule has 1 heterocycles. The van der Waals surface area contributed by atoms with E-state index in [4.69, 9.17) is 14.2 Å². The van der Waals surface area contributed by atoms with Gasteiger partial charge >= 0.3 is 12.1 Å². The van der Waals surface area contributed by atoms with Crippen molar-refractivity contribution in [3.05, 3.63) is 35.4 Å². The second kappa shape index (κ2) is 7.87. The highest BCUT2D eigenvalue weighted by Crippen LogP contribution is 2.26. The lowest BCUT2D eigenvalue weighted by Crippen LogP contribution is -2.35. The minimum Gasteiger partial charge on any atom is -0.459 e. The molecule has 138 valence electrons. The molecule has 1 aromatic carbocycles. The SMILES string of the molecule is CC(C)(C)OC(=O)NCc1ccc(COC(=O)C2(C)CCCO2)cc1. The number of benzene rings is 1. The van der Waals surface area contributed by atoms with Gasteiger partial charge in [-0.3, -0.25) is 0 Å². The van der Waals surface area contributed by atoms with Crippen molar-refractivity contribution >= 4 is 12.1 Å². The molecule has 1 atom stereocenters. The Bertz CT molecular complexity index is 597. The molecule has 1 aromatic rings. The molecule has 25 heavy (non-hydrogen) atoms. The van der Waals surface area contributed by atoms with E-state index >= 15 is 0 Å². The van der Waals surface area contributed by atoms with E-state index in [0.717, 1.165) is 17.5 Å². The molecule has 0 spiro atoms. The molecule has 6 heteroatoms. The predicted octanol–water partition coefficient (Wildman–Crippen LogP) is 3.32. The van der Waals surface area contributed by atoms with Gasteiger partial charge < -0.3 is 19.5 Å². The van der Waals surface area contributed by atoms with Crippen LogP contribution < -0.4 is 5.32 Å². The van der Waals surface area contributed by atoms with Crippen LogP contribution in [0.3, 0.4) is 0 Å². The van der Waals surface area contributed by atoms with E-state index in [1.807, 2.05) is 45.0 Å². The standard InChI is InChI=1S/C19H27NO5/c1-18(2,3)25-17(22)20-12-14-6-8-15(9-7-14)13-23-16(21)19(4)10-5-11-24-19/h6-9H,5,10-13H2,1-4H3,(H,20,22). The predicted molar refractivity (Wildman–Crippen MR) is 92.9 cm³/mol. The zero-order valence-electron chi connectivity index (χ0n) is 15.4. The quantitative estimate of drug-likeness (QED) is 0.826. The number of nitrogens with one attached hydrogen (secondary N) is 1. The first-order chi connectivity index (χ1) is 11.7. The highest BCUT2D eigenvalue weighted by molar-refractivity contribution is 5.79. The Kier molecular flexibility index (Phi) is 6.06. The number of carbonyl (C=O) groups excluding carboxylic acids is 2. The fourth-order valence-electron chi connectivity index (χ4n) is 2.48. The molecular formula is C19H27NO5. The first-order valence-electron chi connectivity index (χ1n) is 8.54. The Hall–Kier alpha value is -2.08. The van der Waals surface area contributed by atoms with Crippen LogP contribution in [0.25, 0.3) is 0 Å². The van der Waals surface area contributed by atoms with Gasteiger partial charge in [0, 0.05) is 13.2 Å². The van der Waals surface area contributed by atoms with E-state index in [9.17, 15) is 9.59 Å². The number of rotatable bonds is 5. The molecule has 0 aliphatic carbocycles. The largest absolute Gasteiger partial charge is 0.459 e. The van der Waals surface area contributed by atoms with E-state index in [1.54, 1.807) is 6.92 Å². The lowest BCUT2D eigenvalue weighted by molar-refractivity contribution is -0.166. The minimum absolute atomic E-state index is 0.206. The maximum absolute atomic E-state index is 12.1. The Morgan fingerprint density at radius 3 is 2.40 bits per heavy atom. The fourth-order valence-corrected chi connectivity index (χ4v) is 2.48. The van der Waals surface area contributed by atoms with E-state index < -0.39 is 17.3 Å². The van der Waals surface area contributed by atoms with Gasteiger partial charge in [-0.25, -0.2) is 9.59 Å². The molecular weight excluding hydrogens is 322 g/mol. The summed E-state index contributed by atoms with van der Waals surface area (Å²) in [6.45, 7) is 8.41. The van der Waals surface area contributed by atoms with Crippen molar-refractivity contribution in [1.82, 2.24) is 5.32 Å². The summed E-state index contributed by atoms with van der Waals surface area (Å²) in [6.07, 6.45) is 1.13. The molecule has 1 fully saturated rings. The van der Waals surface area contributed by atoms with Crippen molar-refractivity contribution < 1.29 is 23.8 Å². The van der Waals surface area contributed by atoms with Gasteiger partial charge in [-0.1, -0.05) is 24.3 Å². The normalized spacial score (nSPS) is 20.2. The number of amides is 1. The zero-order chi connectivity index (χ0) is 18.5. The summed E-state index contributed by atoms with van der Waals surface area (Å²) < 4.78 is 16.0. The lowest BCUT2D eigenvalue weighted by Gasteiger charge is -2.20. The minimum atomic E-state index is -0.808. The number of esters is 1. The van der Waals surface area contributed by atoms with Crippen molar-refractivity contribution in [2.45, 2.75) is 64.9 Å². The third-order valence-corrected chi connectivity index (χ3v) is 3.88. The maximum Gasteiger partial charge on any atom is 0.407 e. The summed E-state index contributed by atoms with van der Waals surface area (Å²) in [5.41, 5.74) is 0.498. The molecule has 1 saturated heterocycles. The molecule has 0 radical (unpaired) electrons. The average molecular weight is 349 g/mol. The summed E-state index contributed by atoms with van der Waals surface area (Å²) in [7, 11) is 0. The van der Waals surface area contributed by atoms with Crippen LogP contribution in [0.4, 0.5) is 4.79 Å². The van der Waals surface area contributed by atoms with Gasteiger partial charge in [0.1, 0.15) is 12.2 Å². The number of hydrogen-bond donors (Lipinski definition) is 1. The lowest BCUT2D eigenvalue weighted by atomic mass is 10.0. The van der Waals surface area contributed by atoms with Crippen molar-refractivity contribution in [2.24, 2.45) is 0 Å². The Morgan fingerprint density at radius 1 is 1.20 bits per heavy atom. The van der Waals surface area contributed by atoms with Crippen LogP contribution in [0.1, 0.15) is 51.7 Å². The molecule has 2 rings (SSSR count). The van der Waals surface area contributed by atoms with Crippen molar-refractivity contribution in [3.8, 4) is 0 Å². The van der Waals surface area contributed by atoms with Crippen molar-refractivity contribution in [3.63, 3.8) is 0 Å². The van der Waals surface area contributed by atoms with Crippen LogP contribution in [0.2, 0.25) is 0 Å². The van der Waals surface area contributed by atoms with Crippen LogP contribution in [0.15, 0.2) is 24.3 Å². The first kappa shape index (κ1) is 19.2. The second-order valence-electron chi connectivity index (χ2n) is 7.43. The molecule has 1 unspecified atom stereocenters. The van der Waals surface area contributed by atoms with Gasteiger partial charge in [-0.05, 0) is 51.7 Å². The van der Waals surface area contributed by atoms with E-state index in [0.29, 0.717) is 19.6 Å². The number of ether oxygens (including phenoxy) is 3. The molecule has 1 amide bonds. The highest BCUT2D eigenvalue weighted by atomic mass is 16.6. The van der Waals surface area contributed by atoms with E-state index in [-0.39, 0.29) is 12.6 Å². The summed E-state index contributed by atoms with van der Waals surface area (Å²) in [6, 6.07) is 7.51. The Balaban J connectivity index is 1.78. The number of carbonyl (C=O) groups is 2. The summed E-state index contributed by atoms with van der Waals surface area (Å²) in [5, 5.41) is 2.70. The van der Waals surface area contributed by atoms with Gasteiger partial charge in [0.05, 0.1) is 0 Å². The third kappa shape index (κ3) is 6.05. The van der Waals surface area contributed by atoms with Gasteiger partial charge in [-0.15, -0.1) is 0 Å². The average Bonchev–Trinajstić information content (AvgIpc) is 2.98. The van der Waals surface area contributed by atoms with Crippen molar-refractivity contribution in [1.29, 1.82) is 0 Å². The summed E-state index contributed by atoms with van der Waals surface area (Å²) in [5.74, 6) is -0.319. The molecule has 0 saturated carbocycles. The Labute approximate surface area is 148 Å². The topological polar surface area (TPSA) is 73.9 Å². The smallest absolute Gasteiger partial charge is 0.407 e. The maximum atomic E-state index is 12.1. The molecule has 1 N–H and O–H groups in total. The monoisotopic (exact) mass is 349 g/mol. The number of alkyl carbamates (subject to hydrolysis) is 1. The van der Waals surface area contributed by atoms with Crippen LogP contribution in [-0.4, -0.2) is 29.9 Å². The van der Waals surface area contributed by atoms with Crippen molar-refractivity contribution in [2.75, 3.05) is 6.61 Å². The fraction of sp³-hybridized carbons (Fsp3) is 0.579. The molecule has 0 bridgehead atoms. The van der Waals surface area contributed by atoms with Crippen LogP contribution >= 0.6 is 0 Å². The van der Waals surface area contributed by atoms with E-state index in [1.165, 1.54) is 0 Å². The second-order valence-corrected chi connectivity index (χ2v) is 7.43. The van der Waals surface area contributed by atoms with Crippen LogP contribution in [0.5, 0.6) is 0 Å². The first-order valence-corrected chi connectivity index (χ1v) is 8.54. The summed E-state index contributed by atoms with van der Waals surface area (Å²) in [4.78, 5) is 23.7. The molecule has 0 aromatic heterocycles. The van der Waals surface area contributed by atoms with Gasteiger partial charge in [0.2, 0.25) is 0 Å².